The molecule has 27 heavy (non-hydrogen) atoms. The second-order valence-corrected chi connectivity index (χ2v) is 6.12. The molecule has 1 heterocycles. The fourth-order valence-corrected chi connectivity index (χ4v) is 2.95. The van der Waals surface area contributed by atoms with Crippen LogP contribution in [-0.4, -0.2) is 26.1 Å². The lowest BCUT2D eigenvalue weighted by molar-refractivity contribution is 0.102. The summed E-state index contributed by atoms with van der Waals surface area (Å²) >= 11 is 0. The summed E-state index contributed by atoms with van der Waals surface area (Å²) in [5.41, 5.74) is 5.01. The Kier molecular flexibility index (Phi) is 4.45. The van der Waals surface area contributed by atoms with Crippen molar-refractivity contribution in [3.05, 3.63) is 90.3 Å². The summed E-state index contributed by atoms with van der Waals surface area (Å²) in [5, 5.41) is 14.2. The molecule has 132 valence electrons. The molecule has 4 rings (SSSR count). The van der Waals surface area contributed by atoms with Gasteiger partial charge in [0.2, 0.25) is 0 Å². The fourth-order valence-electron chi connectivity index (χ4n) is 2.95. The zero-order valence-electron chi connectivity index (χ0n) is 14.7. The van der Waals surface area contributed by atoms with Gasteiger partial charge in [-0.15, -0.1) is 5.10 Å². The van der Waals surface area contributed by atoms with Gasteiger partial charge in [0.1, 0.15) is 6.33 Å². The quantitative estimate of drug-likeness (QED) is 0.603. The van der Waals surface area contributed by atoms with E-state index in [1.165, 1.54) is 6.33 Å². The summed E-state index contributed by atoms with van der Waals surface area (Å²) in [5.74, 6) is -0.166. The van der Waals surface area contributed by atoms with Gasteiger partial charge in [0, 0.05) is 11.3 Å². The molecule has 0 saturated heterocycles. The van der Waals surface area contributed by atoms with E-state index < -0.39 is 0 Å². The first-order valence-electron chi connectivity index (χ1n) is 8.52. The van der Waals surface area contributed by atoms with Crippen LogP contribution in [0.5, 0.6) is 0 Å². The minimum atomic E-state index is -0.166. The van der Waals surface area contributed by atoms with E-state index in [-0.39, 0.29) is 5.91 Å². The molecule has 0 bridgehead atoms. The number of aromatic nitrogens is 4. The highest BCUT2D eigenvalue weighted by molar-refractivity contribution is 6.08. The van der Waals surface area contributed by atoms with Gasteiger partial charge < -0.3 is 5.32 Å². The SMILES string of the molecule is Cc1ccc(NC(=O)c2ccccc2-c2ccccc2)cc1-n1cnnn1. The van der Waals surface area contributed by atoms with Crippen molar-refractivity contribution in [1.29, 1.82) is 0 Å². The van der Waals surface area contributed by atoms with E-state index in [9.17, 15) is 4.79 Å². The zero-order valence-corrected chi connectivity index (χ0v) is 14.7. The van der Waals surface area contributed by atoms with Crippen LogP contribution in [0, 0.1) is 6.92 Å². The van der Waals surface area contributed by atoms with Crippen molar-refractivity contribution in [1.82, 2.24) is 20.2 Å². The van der Waals surface area contributed by atoms with Crippen LogP contribution in [0.1, 0.15) is 15.9 Å². The number of carbonyl (C=O) groups excluding carboxylic acids is 1. The molecular weight excluding hydrogens is 338 g/mol. The minimum absolute atomic E-state index is 0.166. The topological polar surface area (TPSA) is 72.7 Å². The number of anilines is 1. The number of amides is 1. The minimum Gasteiger partial charge on any atom is -0.322 e. The van der Waals surface area contributed by atoms with Crippen molar-refractivity contribution in [3.8, 4) is 16.8 Å². The molecule has 0 radical (unpaired) electrons. The molecule has 0 saturated carbocycles. The first-order valence-corrected chi connectivity index (χ1v) is 8.52. The van der Waals surface area contributed by atoms with Crippen LogP contribution >= 0.6 is 0 Å². The van der Waals surface area contributed by atoms with Gasteiger partial charge in [0.25, 0.3) is 5.91 Å². The Balaban J connectivity index is 1.65. The first kappa shape index (κ1) is 16.7. The largest absolute Gasteiger partial charge is 0.322 e. The average molecular weight is 355 g/mol. The lowest BCUT2D eigenvalue weighted by Gasteiger charge is -2.12. The predicted octanol–water partition coefficient (Wildman–Crippen LogP) is 3.89. The first-order chi connectivity index (χ1) is 13.2. The van der Waals surface area contributed by atoms with Gasteiger partial charge in [-0.05, 0) is 52.2 Å². The van der Waals surface area contributed by atoms with E-state index in [0.29, 0.717) is 11.3 Å². The molecule has 0 spiro atoms. The number of aryl methyl sites for hydroxylation is 1. The molecule has 0 fully saturated rings. The Labute approximate surface area is 156 Å². The molecule has 6 heteroatoms. The standard InChI is InChI=1S/C21H17N5O/c1-15-11-12-17(13-20(15)26-14-22-24-25-26)23-21(27)19-10-6-5-9-18(19)16-7-3-2-4-8-16/h2-14H,1H3,(H,23,27). The van der Waals surface area contributed by atoms with E-state index in [0.717, 1.165) is 22.4 Å². The van der Waals surface area contributed by atoms with E-state index in [1.54, 1.807) is 4.68 Å². The highest BCUT2D eigenvalue weighted by atomic mass is 16.1. The number of carbonyl (C=O) groups is 1. The molecule has 0 aliphatic heterocycles. The number of tetrazole rings is 1. The van der Waals surface area contributed by atoms with Gasteiger partial charge >= 0.3 is 0 Å². The second kappa shape index (κ2) is 7.21. The molecule has 0 atom stereocenters. The molecule has 1 amide bonds. The lowest BCUT2D eigenvalue weighted by atomic mass is 9.99. The highest BCUT2D eigenvalue weighted by Crippen LogP contribution is 2.25. The number of benzene rings is 3. The number of hydrogen-bond donors (Lipinski definition) is 1. The van der Waals surface area contributed by atoms with Crippen molar-refractivity contribution in [2.24, 2.45) is 0 Å². The zero-order chi connectivity index (χ0) is 18.6. The third-order valence-electron chi connectivity index (χ3n) is 4.32. The summed E-state index contributed by atoms with van der Waals surface area (Å²) in [6.07, 6.45) is 1.53. The molecule has 1 aromatic heterocycles. The molecule has 6 nitrogen and oxygen atoms in total. The fraction of sp³-hybridized carbons (Fsp3) is 0.0476. The molecule has 3 aromatic carbocycles. The maximum Gasteiger partial charge on any atom is 0.256 e. The Morgan fingerprint density at radius 3 is 2.52 bits per heavy atom. The van der Waals surface area contributed by atoms with Crippen LogP contribution < -0.4 is 5.32 Å². The molecule has 0 aliphatic carbocycles. The summed E-state index contributed by atoms with van der Waals surface area (Å²) in [6.45, 7) is 1.97. The number of nitrogens with one attached hydrogen (secondary N) is 1. The average Bonchev–Trinajstić information content (AvgIpc) is 3.25. The van der Waals surface area contributed by atoms with Crippen molar-refractivity contribution >= 4 is 11.6 Å². The predicted molar refractivity (Wildman–Crippen MR) is 104 cm³/mol. The summed E-state index contributed by atoms with van der Waals surface area (Å²) in [4.78, 5) is 12.9. The summed E-state index contributed by atoms with van der Waals surface area (Å²) in [6, 6.07) is 23.1. The smallest absolute Gasteiger partial charge is 0.256 e. The van der Waals surface area contributed by atoms with E-state index in [2.05, 4.69) is 20.8 Å². The van der Waals surface area contributed by atoms with Crippen LogP contribution in [0.25, 0.3) is 16.8 Å². The van der Waals surface area contributed by atoms with Crippen molar-refractivity contribution in [2.75, 3.05) is 5.32 Å². The van der Waals surface area contributed by atoms with Gasteiger partial charge in [-0.1, -0.05) is 54.6 Å². The normalized spacial score (nSPS) is 10.6. The Hall–Kier alpha value is -3.80. The molecule has 4 aromatic rings. The van der Waals surface area contributed by atoms with Crippen LogP contribution in [0.4, 0.5) is 5.69 Å². The number of hydrogen-bond acceptors (Lipinski definition) is 4. The Morgan fingerprint density at radius 1 is 0.963 bits per heavy atom. The number of nitrogens with zero attached hydrogens (tertiary/aromatic N) is 4. The maximum absolute atomic E-state index is 12.9. The summed E-state index contributed by atoms with van der Waals surface area (Å²) < 4.78 is 1.57. The Bertz CT molecular complexity index is 1070. The molecular formula is C21H17N5O. The van der Waals surface area contributed by atoms with Crippen molar-refractivity contribution in [3.63, 3.8) is 0 Å². The van der Waals surface area contributed by atoms with Crippen LogP contribution in [0.2, 0.25) is 0 Å². The summed E-state index contributed by atoms with van der Waals surface area (Å²) in [7, 11) is 0. The molecule has 0 unspecified atom stereocenters. The third kappa shape index (κ3) is 3.46. The molecule has 0 aliphatic rings. The maximum atomic E-state index is 12.9. The second-order valence-electron chi connectivity index (χ2n) is 6.12. The Morgan fingerprint density at radius 2 is 1.74 bits per heavy atom. The van der Waals surface area contributed by atoms with Gasteiger partial charge in [0.05, 0.1) is 5.69 Å². The highest BCUT2D eigenvalue weighted by Gasteiger charge is 2.13. The van der Waals surface area contributed by atoms with E-state index in [1.807, 2.05) is 79.7 Å². The van der Waals surface area contributed by atoms with Gasteiger partial charge in [-0.25, -0.2) is 4.68 Å². The van der Waals surface area contributed by atoms with Crippen LogP contribution in [0.15, 0.2) is 79.1 Å². The van der Waals surface area contributed by atoms with Gasteiger partial charge in [-0.3, -0.25) is 4.79 Å². The lowest BCUT2D eigenvalue weighted by Crippen LogP contribution is -2.13. The monoisotopic (exact) mass is 355 g/mol. The third-order valence-corrected chi connectivity index (χ3v) is 4.32. The van der Waals surface area contributed by atoms with Gasteiger partial charge in [-0.2, -0.15) is 0 Å². The van der Waals surface area contributed by atoms with Gasteiger partial charge in [0.15, 0.2) is 0 Å². The van der Waals surface area contributed by atoms with Crippen molar-refractivity contribution in [2.45, 2.75) is 6.92 Å². The molecule has 1 N–H and O–H groups in total. The van der Waals surface area contributed by atoms with E-state index >= 15 is 0 Å². The van der Waals surface area contributed by atoms with E-state index in [4.69, 9.17) is 0 Å². The van der Waals surface area contributed by atoms with Crippen LogP contribution in [0.3, 0.4) is 0 Å². The van der Waals surface area contributed by atoms with Crippen LogP contribution in [-0.2, 0) is 0 Å². The number of rotatable bonds is 4. The van der Waals surface area contributed by atoms with Crippen molar-refractivity contribution < 1.29 is 4.79 Å².